The molecular weight excluding hydrogens is 222 g/mol. The summed E-state index contributed by atoms with van der Waals surface area (Å²) in [5.74, 6) is 2.61. The van der Waals surface area contributed by atoms with Gasteiger partial charge in [-0.3, -0.25) is 0 Å². The lowest BCUT2D eigenvalue weighted by Gasteiger charge is -2.20. The average Bonchev–Trinajstić information content (AvgIpc) is 2.74. The van der Waals surface area contributed by atoms with Crippen LogP contribution in [0.5, 0.6) is 0 Å². The number of aromatic amines is 1. The van der Waals surface area contributed by atoms with E-state index >= 15 is 0 Å². The maximum atomic E-state index is 3.36. The molecule has 1 saturated heterocycles. The zero-order valence-corrected chi connectivity index (χ0v) is 10.0. The van der Waals surface area contributed by atoms with Gasteiger partial charge in [0.1, 0.15) is 0 Å². The van der Waals surface area contributed by atoms with Gasteiger partial charge in [-0.1, -0.05) is 18.2 Å². The molecule has 0 atom stereocenters. The molecule has 0 amide bonds. The van der Waals surface area contributed by atoms with E-state index in [2.05, 4.69) is 59.0 Å². The van der Waals surface area contributed by atoms with Crippen molar-refractivity contribution in [2.24, 2.45) is 0 Å². The van der Waals surface area contributed by atoms with E-state index in [0.29, 0.717) is 4.58 Å². The number of hydrogen-bond donors (Lipinski definition) is 1. The van der Waals surface area contributed by atoms with Crippen molar-refractivity contribution < 1.29 is 0 Å². The Morgan fingerprint density at radius 1 is 1.13 bits per heavy atom. The van der Waals surface area contributed by atoms with Gasteiger partial charge in [0.25, 0.3) is 0 Å². The number of H-pyrrole nitrogens is 1. The summed E-state index contributed by atoms with van der Waals surface area (Å²) in [6, 6.07) is 8.58. The molecule has 0 bridgehead atoms. The molecule has 1 aromatic carbocycles. The molecule has 1 aromatic heterocycles. The summed E-state index contributed by atoms with van der Waals surface area (Å²) < 4.78 is 0.634. The van der Waals surface area contributed by atoms with Crippen LogP contribution in [0.25, 0.3) is 10.9 Å². The highest BCUT2D eigenvalue weighted by Gasteiger charge is 2.19. The van der Waals surface area contributed by atoms with E-state index in [1.54, 1.807) is 0 Å². The Labute approximate surface area is 98.0 Å². The van der Waals surface area contributed by atoms with Crippen LogP contribution in [0.3, 0.4) is 0 Å². The van der Waals surface area contributed by atoms with Crippen LogP contribution in [0, 0.1) is 0 Å². The van der Waals surface area contributed by atoms with E-state index < -0.39 is 0 Å². The first-order valence-electron chi connectivity index (χ1n) is 5.24. The summed E-state index contributed by atoms with van der Waals surface area (Å²) in [6.45, 7) is 0. The number of fused-ring (bicyclic) bond motifs is 1. The highest BCUT2D eigenvalue weighted by Crippen LogP contribution is 2.45. The Hall–Kier alpha value is -0.540. The third-order valence-corrected chi connectivity index (χ3v) is 5.68. The lowest BCUT2D eigenvalue weighted by molar-refractivity contribution is 1.10. The largest absolute Gasteiger partial charge is 0.361 e. The number of aromatic nitrogens is 1. The summed E-state index contributed by atoms with van der Waals surface area (Å²) in [5.41, 5.74) is 2.74. The molecule has 78 valence electrons. The van der Waals surface area contributed by atoms with Crippen molar-refractivity contribution in [2.45, 2.75) is 11.0 Å². The van der Waals surface area contributed by atoms with Crippen LogP contribution < -0.4 is 0 Å². The Morgan fingerprint density at radius 3 is 2.80 bits per heavy atom. The van der Waals surface area contributed by atoms with Crippen molar-refractivity contribution in [1.29, 1.82) is 0 Å². The normalized spacial score (nSPS) is 18.4. The molecule has 1 N–H and O–H groups in total. The number of hydrogen-bond acceptors (Lipinski definition) is 2. The molecule has 0 spiro atoms. The molecule has 3 heteroatoms. The predicted molar refractivity (Wildman–Crippen MR) is 70.6 cm³/mol. The van der Waals surface area contributed by atoms with Crippen molar-refractivity contribution in [3.05, 3.63) is 36.0 Å². The Morgan fingerprint density at radius 2 is 1.93 bits per heavy atom. The van der Waals surface area contributed by atoms with Crippen LogP contribution in [0.1, 0.15) is 16.6 Å². The van der Waals surface area contributed by atoms with Gasteiger partial charge in [-0.15, -0.1) is 23.5 Å². The fourth-order valence-electron chi connectivity index (χ4n) is 1.96. The molecule has 2 heterocycles. The van der Waals surface area contributed by atoms with E-state index in [1.807, 2.05) is 0 Å². The van der Waals surface area contributed by atoms with Gasteiger partial charge in [-0.2, -0.15) is 0 Å². The predicted octanol–water partition coefficient (Wildman–Crippen LogP) is 4.04. The van der Waals surface area contributed by atoms with Gasteiger partial charge in [0.15, 0.2) is 0 Å². The first kappa shape index (κ1) is 9.67. The monoisotopic (exact) mass is 235 g/mol. The standard InChI is InChI=1S/C12H13NS2/c1-2-5-11-9(4-1)10(8-13-11)12-14-6-3-7-15-12/h1-2,4-5,8,12-13H,3,6-7H2. The molecule has 15 heavy (non-hydrogen) atoms. The second-order valence-electron chi connectivity index (χ2n) is 3.72. The van der Waals surface area contributed by atoms with Gasteiger partial charge in [-0.05, 0) is 24.0 Å². The molecule has 1 fully saturated rings. The van der Waals surface area contributed by atoms with E-state index in [1.165, 1.54) is 34.4 Å². The van der Waals surface area contributed by atoms with Crippen molar-refractivity contribution in [3.63, 3.8) is 0 Å². The van der Waals surface area contributed by atoms with Gasteiger partial charge in [0.2, 0.25) is 0 Å². The van der Waals surface area contributed by atoms with Crippen LogP contribution in [0.15, 0.2) is 30.5 Å². The maximum Gasteiger partial charge on any atom is 0.0771 e. The summed E-state index contributed by atoms with van der Waals surface area (Å²) in [7, 11) is 0. The van der Waals surface area contributed by atoms with Gasteiger partial charge >= 0.3 is 0 Å². The van der Waals surface area contributed by atoms with E-state index in [-0.39, 0.29) is 0 Å². The molecule has 0 unspecified atom stereocenters. The second kappa shape index (κ2) is 4.14. The number of thioether (sulfide) groups is 2. The van der Waals surface area contributed by atoms with E-state index in [9.17, 15) is 0 Å². The summed E-state index contributed by atoms with van der Waals surface area (Å²) in [4.78, 5) is 3.36. The van der Waals surface area contributed by atoms with Crippen molar-refractivity contribution in [2.75, 3.05) is 11.5 Å². The smallest absolute Gasteiger partial charge is 0.0771 e. The SMILES string of the molecule is c1ccc2c(C3SCCCS3)c[nH]c2c1. The zero-order valence-electron chi connectivity index (χ0n) is 8.40. The van der Waals surface area contributed by atoms with Gasteiger partial charge in [0, 0.05) is 22.7 Å². The fraction of sp³-hybridized carbons (Fsp3) is 0.333. The zero-order chi connectivity index (χ0) is 10.1. The third kappa shape index (κ3) is 1.79. The average molecular weight is 235 g/mol. The maximum absolute atomic E-state index is 3.36. The molecule has 0 aliphatic carbocycles. The molecule has 3 rings (SSSR count). The summed E-state index contributed by atoms with van der Waals surface area (Å²) in [6.07, 6.45) is 3.54. The second-order valence-corrected chi connectivity index (χ2v) is 6.44. The van der Waals surface area contributed by atoms with Crippen LogP contribution in [-0.2, 0) is 0 Å². The van der Waals surface area contributed by atoms with Crippen LogP contribution >= 0.6 is 23.5 Å². The molecule has 2 aromatic rings. The molecule has 0 radical (unpaired) electrons. The van der Waals surface area contributed by atoms with E-state index in [0.717, 1.165) is 0 Å². The topological polar surface area (TPSA) is 15.8 Å². The Bertz CT molecular complexity index is 457. The lowest BCUT2D eigenvalue weighted by Crippen LogP contribution is -1.99. The Kier molecular flexibility index (Phi) is 2.67. The van der Waals surface area contributed by atoms with Gasteiger partial charge in [-0.25, -0.2) is 0 Å². The highest BCUT2D eigenvalue weighted by molar-refractivity contribution is 8.16. The first-order valence-corrected chi connectivity index (χ1v) is 7.34. The Balaban J connectivity index is 2.02. The lowest BCUT2D eigenvalue weighted by atomic mass is 10.2. The molecule has 0 saturated carbocycles. The first-order chi connectivity index (χ1) is 7.45. The van der Waals surface area contributed by atoms with E-state index in [4.69, 9.17) is 0 Å². The van der Waals surface area contributed by atoms with Crippen LogP contribution in [0.2, 0.25) is 0 Å². The summed E-state index contributed by atoms with van der Waals surface area (Å²) in [5, 5.41) is 1.39. The number of rotatable bonds is 1. The van der Waals surface area contributed by atoms with Crippen molar-refractivity contribution in [3.8, 4) is 0 Å². The third-order valence-electron chi connectivity index (χ3n) is 2.70. The number of para-hydroxylation sites is 1. The number of benzene rings is 1. The highest BCUT2D eigenvalue weighted by atomic mass is 32.2. The van der Waals surface area contributed by atoms with Gasteiger partial charge in [0.05, 0.1) is 4.58 Å². The minimum atomic E-state index is 0.634. The fourth-order valence-corrected chi connectivity index (χ4v) is 4.90. The molecular formula is C12H13NS2. The minimum Gasteiger partial charge on any atom is -0.361 e. The van der Waals surface area contributed by atoms with Crippen LogP contribution in [0.4, 0.5) is 0 Å². The molecule has 1 aliphatic rings. The van der Waals surface area contributed by atoms with Crippen LogP contribution in [-0.4, -0.2) is 16.5 Å². The van der Waals surface area contributed by atoms with Crippen molar-refractivity contribution in [1.82, 2.24) is 4.98 Å². The molecule has 1 nitrogen and oxygen atoms in total. The summed E-state index contributed by atoms with van der Waals surface area (Å²) >= 11 is 4.16. The molecule has 1 aliphatic heterocycles. The quantitative estimate of drug-likeness (QED) is 0.803. The minimum absolute atomic E-state index is 0.634. The number of nitrogens with one attached hydrogen (secondary N) is 1. The van der Waals surface area contributed by atoms with Crippen molar-refractivity contribution >= 4 is 34.4 Å². The van der Waals surface area contributed by atoms with Gasteiger partial charge < -0.3 is 4.98 Å².